The van der Waals surface area contributed by atoms with Crippen LogP contribution >= 0.6 is 0 Å². The summed E-state index contributed by atoms with van der Waals surface area (Å²) in [6, 6.07) is 8.16. The van der Waals surface area contributed by atoms with E-state index in [9.17, 15) is 5.11 Å². The lowest BCUT2D eigenvalue weighted by atomic mass is 10.2. The molecule has 4 nitrogen and oxygen atoms in total. The minimum atomic E-state index is -0.323. The van der Waals surface area contributed by atoms with E-state index in [2.05, 4.69) is 20.9 Å². The van der Waals surface area contributed by atoms with Gasteiger partial charge in [-0.2, -0.15) is 0 Å². The molecule has 0 radical (unpaired) electrons. The van der Waals surface area contributed by atoms with E-state index in [1.807, 2.05) is 25.1 Å². The van der Waals surface area contributed by atoms with E-state index in [-0.39, 0.29) is 12.1 Å². The zero-order valence-corrected chi connectivity index (χ0v) is 9.22. The molecular weight excluding hydrogens is 202 g/mol. The molecule has 2 aromatic rings. The first-order chi connectivity index (χ1) is 7.77. The van der Waals surface area contributed by atoms with Gasteiger partial charge >= 0.3 is 0 Å². The van der Waals surface area contributed by atoms with Gasteiger partial charge in [0.2, 0.25) is 0 Å². The van der Waals surface area contributed by atoms with Crippen molar-refractivity contribution in [2.45, 2.75) is 19.1 Å². The molecule has 0 amide bonds. The molecule has 1 aromatic heterocycles. The lowest BCUT2D eigenvalue weighted by Gasteiger charge is -2.17. The summed E-state index contributed by atoms with van der Waals surface area (Å²) in [6.07, 6.45) is -0.323. The Morgan fingerprint density at radius 2 is 2.19 bits per heavy atom. The maximum Gasteiger partial charge on any atom is 0.107 e. The predicted octanol–water partition coefficient (Wildman–Crippen LogP) is 0.850. The number of hydrogen-bond donors (Lipinski definition) is 2. The fourth-order valence-corrected chi connectivity index (χ4v) is 2.50. The Balaban J connectivity index is 2.18. The smallest absolute Gasteiger partial charge is 0.107 e. The van der Waals surface area contributed by atoms with Gasteiger partial charge < -0.3 is 15.0 Å². The maximum absolute atomic E-state index is 9.93. The van der Waals surface area contributed by atoms with Gasteiger partial charge in [-0.25, -0.2) is 4.98 Å². The number of benzene rings is 1. The average molecular weight is 217 g/mol. The number of rotatable bonds is 1. The molecule has 2 N–H and O–H groups in total. The van der Waals surface area contributed by atoms with Crippen LogP contribution in [0, 0.1) is 6.92 Å². The highest BCUT2D eigenvalue weighted by atomic mass is 16.3. The van der Waals surface area contributed by atoms with Gasteiger partial charge in [0.1, 0.15) is 5.82 Å². The van der Waals surface area contributed by atoms with Gasteiger partial charge in [-0.3, -0.25) is 0 Å². The lowest BCUT2D eigenvalue weighted by Crippen LogP contribution is -2.22. The second-order valence-corrected chi connectivity index (χ2v) is 4.31. The highest BCUT2D eigenvalue weighted by Crippen LogP contribution is 2.24. The topological polar surface area (TPSA) is 50.1 Å². The monoisotopic (exact) mass is 217 g/mol. The second-order valence-electron chi connectivity index (χ2n) is 4.31. The van der Waals surface area contributed by atoms with Gasteiger partial charge in [-0.05, 0) is 19.1 Å². The molecule has 0 bridgehead atoms. The molecule has 4 heteroatoms. The summed E-state index contributed by atoms with van der Waals surface area (Å²) in [5.74, 6) is 0.967. The Hall–Kier alpha value is -1.39. The minimum absolute atomic E-state index is 0.104. The maximum atomic E-state index is 9.93. The van der Waals surface area contributed by atoms with E-state index < -0.39 is 0 Å². The van der Waals surface area contributed by atoms with Crippen molar-refractivity contribution in [3.8, 4) is 0 Å². The first kappa shape index (κ1) is 9.81. The first-order valence-electron chi connectivity index (χ1n) is 5.60. The summed E-state index contributed by atoms with van der Waals surface area (Å²) in [5.41, 5.74) is 2.10. The second kappa shape index (κ2) is 3.57. The van der Waals surface area contributed by atoms with E-state index >= 15 is 0 Å². The minimum Gasteiger partial charge on any atom is -0.390 e. The van der Waals surface area contributed by atoms with E-state index in [1.54, 1.807) is 0 Å². The Morgan fingerprint density at radius 1 is 1.38 bits per heavy atom. The van der Waals surface area contributed by atoms with Gasteiger partial charge in [0.05, 0.1) is 23.2 Å². The zero-order chi connectivity index (χ0) is 11.1. The number of β-amino-alcohol motifs (C(OH)–C–C–N with tert-alkyl or cyclic N) is 1. The molecule has 2 heterocycles. The van der Waals surface area contributed by atoms with Gasteiger partial charge in [-0.1, -0.05) is 12.1 Å². The number of imidazole rings is 1. The van der Waals surface area contributed by atoms with Gasteiger partial charge in [-0.15, -0.1) is 0 Å². The number of nitrogens with one attached hydrogen (secondary N) is 1. The van der Waals surface area contributed by atoms with Crippen LogP contribution < -0.4 is 5.32 Å². The summed E-state index contributed by atoms with van der Waals surface area (Å²) in [4.78, 5) is 4.52. The fraction of sp³-hybridized carbons (Fsp3) is 0.417. The van der Waals surface area contributed by atoms with Crippen LogP contribution in [0.25, 0.3) is 11.0 Å². The number of nitrogens with zero attached hydrogens (tertiary/aromatic N) is 2. The van der Waals surface area contributed by atoms with Crippen LogP contribution in [0.2, 0.25) is 0 Å². The van der Waals surface area contributed by atoms with Crippen LogP contribution in [0.4, 0.5) is 0 Å². The number of aromatic nitrogens is 2. The molecule has 0 aliphatic carbocycles. The molecule has 84 valence electrons. The highest BCUT2D eigenvalue weighted by molar-refractivity contribution is 5.76. The Labute approximate surface area is 93.9 Å². The standard InChI is InChI=1S/C12H15N3O/c1-8-14-9-4-2-3-5-10(9)15(8)11-6-13-7-12(11)16/h2-5,11-13,16H,6-7H2,1H3. The summed E-state index contributed by atoms with van der Waals surface area (Å²) in [6.45, 7) is 3.46. The molecule has 0 saturated carbocycles. The Kier molecular flexibility index (Phi) is 2.19. The van der Waals surface area contributed by atoms with Crippen molar-refractivity contribution in [1.82, 2.24) is 14.9 Å². The van der Waals surface area contributed by atoms with Crippen LogP contribution in [0.3, 0.4) is 0 Å². The van der Waals surface area contributed by atoms with Crippen LogP contribution in [0.15, 0.2) is 24.3 Å². The fourth-order valence-electron chi connectivity index (χ4n) is 2.50. The van der Waals surface area contributed by atoms with Gasteiger partial charge in [0.15, 0.2) is 0 Å². The van der Waals surface area contributed by atoms with Crippen LogP contribution in [0.5, 0.6) is 0 Å². The third-order valence-corrected chi connectivity index (χ3v) is 3.25. The Morgan fingerprint density at radius 3 is 2.94 bits per heavy atom. The third kappa shape index (κ3) is 1.34. The summed E-state index contributed by atoms with van der Waals surface area (Å²) < 4.78 is 2.14. The van der Waals surface area contributed by atoms with Gasteiger partial charge in [0, 0.05) is 13.1 Å². The van der Waals surface area contributed by atoms with Crippen molar-refractivity contribution in [3.63, 3.8) is 0 Å². The first-order valence-corrected chi connectivity index (χ1v) is 5.60. The number of para-hydroxylation sites is 2. The summed E-state index contributed by atoms with van der Waals surface area (Å²) in [5, 5.41) is 13.1. The molecule has 16 heavy (non-hydrogen) atoms. The third-order valence-electron chi connectivity index (χ3n) is 3.25. The van der Waals surface area contributed by atoms with Crippen LogP contribution in [-0.2, 0) is 0 Å². The van der Waals surface area contributed by atoms with E-state index in [1.165, 1.54) is 0 Å². The van der Waals surface area contributed by atoms with Crippen molar-refractivity contribution in [1.29, 1.82) is 0 Å². The zero-order valence-electron chi connectivity index (χ0n) is 9.22. The van der Waals surface area contributed by atoms with Crippen molar-refractivity contribution in [2.75, 3.05) is 13.1 Å². The molecule has 1 fully saturated rings. The lowest BCUT2D eigenvalue weighted by molar-refractivity contribution is 0.152. The van der Waals surface area contributed by atoms with Gasteiger partial charge in [0.25, 0.3) is 0 Å². The number of hydrogen-bond acceptors (Lipinski definition) is 3. The van der Waals surface area contributed by atoms with E-state index in [0.717, 1.165) is 23.4 Å². The number of aryl methyl sites for hydroxylation is 1. The molecule has 0 spiro atoms. The average Bonchev–Trinajstić information content (AvgIpc) is 2.81. The molecule has 1 aliphatic rings. The molecule has 1 saturated heterocycles. The predicted molar refractivity (Wildman–Crippen MR) is 62.4 cm³/mol. The quantitative estimate of drug-likeness (QED) is 0.744. The molecule has 1 aliphatic heterocycles. The number of fused-ring (bicyclic) bond motifs is 1. The normalized spacial score (nSPS) is 25.4. The van der Waals surface area contributed by atoms with Crippen molar-refractivity contribution >= 4 is 11.0 Å². The number of aliphatic hydroxyl groups is 1. The highest BCUT2D eigenvalue weighted by Gasteiger charge is 2.28. The SMILES string of the molecule is Cc1nc2ccccc2n1C1CNCC1O. The molecule has 2 atom stereocenters. The summed E-state index contributed by atoms with van der Waals surface area (Å²) >= 11 is 0. The molecule has 1 aromatic carbocycles. The van der Waals surface area contributed by atoms with Crippen LogP contribution in [0.1, 0.15) is 11.9 Å². The molecule has 3 rings (SSSR count). The number of aliphatic hydroxyl groups excluding tert-OH is 1. The van der Waals surface area contributed by atoms with E-state index in [4.69, 9.17) is 0 Å². The Bertz CT molecular complexity index is 520. The molecule has 2 unspecified atom stereocenters. The van der Waals surface area contributed by atoms with Crippen molar-refractivity contribution in [3.05, 3.63) is 30.1 Å². The van der Waals surface area contributed by atoms with Crippen LogP contribution in [-0.4, -0.2) is 33.9 Å². The summed E-state index contributed by atoms with van der Waals surface area (Å²) in [7, 11) is 0. The molecular formula is C12H15N3O. The largest absolute Gasteiger partial charge is 0.390 e. The van der Waals surface area contributed by atoms with Crippen molar-refractivity contribution < 1.29 is 5.11 Å². The van der Waals surface area contributed by atoms with Crippen molar-refractivity contribution in [2.24, 2.45) is 0 Å². The van der Waals surface area contributed by atoms with E-state index in [0.29, 0.717) is 6.54 Å².